The predicted octanol–water partition coefficient (Wildman–Crippen LogP) is 3.26. The summed E-state index contributed by atoms with van der Waals surface area (Å²) in [7, 11) is -0.715. The van der Waals surface area contributed by atoms with Gasteiger partial charge < -0.3 is 10.1 Å². The Morgan fingerprint density at radius 1 is 1.16 bits per heavy atom. The van der Waals surface area contributed by atoms with Crippen molar-refractivity contribution in [3.63, 3.8) is 0 Å². The second kappa shape index (κ2) is 8.05. The van der Waals surface area contributed by atoms with Gasteiger partial charge in [0.2, 0.25) is 10.0 Å². The summed E-state index contributed by atoms with van der Waals surface area (Å²) in [5, 5.41) is 3.11. The minimum absolute atomic E-state index is 0.0779. The van der Waals surface area contributed by atoms with Gasteiger partial charge in [-0.25, -0.2) is 12.7 Å². The van der Waals surface area contributed by atoms with Crippen LogP contribution in [0, 0.1) is 0 Å². The van der Waals surface area contributed by atoms with E-state index in [1.165, 1.54) is 26.2 Å². The molecule has 2 rings (SSSR count). The van der Waals surface area contributed by atoms with Gasteiger partial charge in [0, 0.05) is 19.8 Å². The van der Waals surface area contributed by atoms with Gasteiger partial charge in [-0.15, -0.1) is 0 Å². The van der Waals surface area contributed by atoms with Crippen molar-refractivity contribution in [2.45, 2.75) is 4.90 Å². The van der Waals surface area contributed by atoms with Crippen LogP contribution in [-0.4, -0.2) is 39.3 Å². The summed E-state index contributed by atoms with van der Waals surface area (Å²) in [4.78, 5) is 12.1. The fraction of sp³-hybridized carbons (Fsp3) is 0.188. The van der Waals surface area contributed by atoms with Crippen LogP contribution in [0.3, 0.4) is 0 Å². The zero-order valence-corrected chi connectivity index (χ0v) is 15.8. The average Bonchev–Trinajstić information content (AvgIpc) is 2.56. The minimum atomic E-state index is -3.58. The van der Waals surface area contributed by atoms with E-state index in [1.54, 1.807) is 30.3 Å². The first-order valence-electron chi connectivity index (χ1n) is 7.11. The Morgan fingerprint density at radius 2 is 1.84 bits per heavy atom. The molecule has 0 spiro atoms. The first-order valence-corrected chi connectivity index (χ1v) is 9.30. The normalized spacial score (nSPS) is 11.4. The van der Waals surface area contributed by atoms with Gasteiger partial charge in [0.15, 0.2) is 6.61 Å². The quantitative estimate of drug-likeness (QED) is 0.804. The third-order valence-corrected chi connectivity index (χ3v) is 5.78. The molecule has 1 amide bonds. The van der Waals surface area contributed by atoms with E-state index in [1.807, 2.05) is 0 Å². The van der Waals surface area contributed by atoms with Crippen LogP contribution in [-0.2, 0) is 14.8 Å². The lowest BCUT2D eigenvalue weighted by Gasteiger charge is -2.13. The van der Waals surface area contributed by atoms with E-state index in [2.05, 4.69) is 5.32 Å². The van der Waals surface area contributed by atoms with E-state index in [9.17, 15) is 13.2 Å². The number of benzene rings is 2. The number of nitrogens with zero attached hydrogens (tertiary/aromatic N) is 1. The first kappa shape index (κ1) is 19.5. The lowest BCUT2D eigenvalue weighted by molar-refractivity contribution is -0.118. The van der Waals surface area contributed by atoms with E-state index in [0.29, 0.717) is 10.7 Å². The summed E-state index contributed by atoms with van der Waals surface area (Å²) < 4.78 is 30.7. The zero-order chi connectivity index (χ0) is 18.6. The molecule has 25 heavy (non-hydrogen) atoms. The van der Waals surface area contributed by atoms with Crippen molar-refractivity contribution >= 4 is 44.8 Å². The maximum atomic E-state index is 12.1. The molecule has 0 radical (unpaired) electrons. The number of carbonyl (C=O) groups is 1. The second-order valence-electron chi connectivity index (χ2n) is 5.20. The highest BCUT2D eigenvalue weighted by molar-refractivity contribution is 7.89. The lowest BCUT2D eigenvalue weighted by atomic mass is 10.3. The largest absolute Gasteiger partial charge is 0.482 e. The fourth-order valence-electron chi connectivity index (χ4n) is 1.88. The van der Waals surface area contributed by atoms with Crippen molar-refractivity contribution in [2.75, 3.05) is 26.0 Å². The number of anilines is 1. The SMILES string of the molecule is CN(C)S(=O)(=O)c1cccc(NC(=O)COc2cccc(Cl)c2Cl)c1. The van der Waals surface area contributed by atoms with Crippen molar-refractivity contribution in [2.24, 2.45) is 0 Å². The fourth-order valence-corrected chi connectivity index (χ4v) is 3.18. The molecule has 1 N–H and O–H groups in total. The summed E-state index contributed by atoms with van der Waals surface area (Å²) in [5.74, 6) is -0.177. The van der Waals surface area contributed by atoms with Gasteiger partial charge in [0.25, 0.3) is 5.91 Å². The van der Waals surface area contributed by atoms with E-state index in [0.717, 1.165) is 4.31 Å². The second-order valence-corrected chi connectivity index (χ2v) is 8.14. The summed E-state index contributed by atoms with van der Waals surface area (Å²) >= 11 is 11.8. The van der Waals surface area contributed by atoms with E-state index in [-0.39, 0.29) is 22.3 Å². The lowest BCUT2D eigenvalue weighted by Crippen LogP contribution is -2.23. The highest BCUT2D eigenvalue weighted by atomic mass is 35.5. The summed E-state index contributed by atoms with van der Waals surface area (Å²) in [6.45, 7) is -0.301. The Labute approximate surface area is 156 Å². The highest BCUT2D eigenvalue weighted by Crippen LogP contribution is 2.31. The number of ether oxygens (including phenoxy) is 1. The number of halogens is 2. The minimum Gasteiger partial charge on any atom is -0.482 e. The number of hydrogen-bond donors (Lipinski definition) is 1. The van der Waals surface area contributed by atoms with E-state index in [4.69, 9.17) is 27.9 Å². The molecule has 9 heteroatoms. The Kier molecular flexibility index (Phi) is 6.29. The van der Waals surface area contributed by atoms with Gasteiger partial charge in [-0.3, -0.25) is 4.79 Å². The van der Waals surface area contributed by atoms with Crippen LogP contribution in [0.1, 0.15) is 0 Å². The molecule has 0 aliphatic heterocycles. The number of carbonyl (C=O) groups excluding carboxylic acids is 1. The zero-order valence-electron chi connectivity index (χ0n) is 13.5. The van der Waals surface area contributed by atoms with Crippen LogP contribution in [0.5, 0.6) is 5.75 Å². The Hall–Kier alpha value is -1.80. The predicted molar refractivity (Wildman–Crippen MR) is 97.9 cm³/mol. The van der Waals surface area contributed by atoms with E-state index >= 15 is 0 Å². The molecule has 0 atom stereocenters. The molecular weight excluding hydrogens is 387 g/mol. The standard InChI is InChI=1S/C16H16Cl2N2O4S/c1-20(2)25(22,23)12-6-3-5-11(9-12)19-15(21)10-24-14-8-4-7-13(17)16(14)18/h3-9H,10H2,1-2H3,(H,19,21). The molecule has 0 unspecified atom stereocenters. The molecular formula is C16H16Cl2N2O4S. The smallest absolute Gasteiger partial charge is 0.262 e. The van der Waals surface area contributed by atoms with Crippen molar-refractivity contribution in [1.29, 1.82) is 0 Å². The van der Waals surface area contributed by atoms with Gasteiger partial charge >= 0.3 is 0 Å². The maximum Gasteiger partial charge on any atom is 0.262 e. The van der Waals surface area contributed by atoms with Gasteiger partial charge in [-0.2, -0.15) is 0 Å². The molecule has 0 saturated carbocycles. The van der Waals surface area contributed by atoms with Crippen molar-refractivity contribution < 1.29 is 17.9 Å². The van der Waals surface area contributed by atoms with Crippen LogP contribution >= 0.6 is 23.2 Å². The van der Waals surface area contributed by atoms with Crippen molar-refractivity contribution in [1.82, 2.24) is 4.31 Å². The molecule has 0 saturated heterocycles. The topological polar surface area (TPSA) is 75.7 Å². The average molecular weight is 403 g/mol. The van der Waals surface area contributed by atoms with Crippen LogP contribution in [0.25, 0.3) is 0 Å². The monoisotopic (exact) mass is 402 g/mol. The summed E-state index contributed by atoms with van der Waals surface area (Å²) in [6.07, 6.45) is 0. The van der Waals surface area contributed by atoms with Crippen molar-refractivity contribution in [3.05, 3.63) is 52.5 Å². The Bertz CT molecular complexity index is 885. The molecule has 0 aliphatic rings. The summed E-state index contributed by atoms with van der Waals surface area (Å²) in [6, 6.07) is 10.8. The number of nitrogens with one attached hydrogen (secondary N) is 1. The third-order valence-electron chi connectivity index (χ3n) is 3.17. The first-order chi connectivity index (χ1) is 11.7. The molecule has 0 aromatic heterocycles. The molecule has 0 bridgehead atoms. The van der Waals surface area contributed by atoms with Crippen LogP contribution in [0.15, 0.2) is 47.4 Å². The third kappa shape index (κ3) is 4.85. The molecule has 0 fully saturated rings. The molecule has 6 nitrogen and oxygen atoms in total. The van der Waals surface area contributed by atoms with E-state index < -0.39 is 15.9 Å². The molecule has 2 aromatic rings. The Balaban J connectivity index is 2.05. The maximum absolute atomic E-state index is 12.1. The van der Waals surface area contributed by atoms with Gasteiger partial charge in [-0.05, 0) is 30.3 Å². The number of rotatable bonds is 6. The Morgan fingerprint density at radius 3 is 2.52 bits per heavy atom. The van der Waals surface area contributed by atoms with Crippen molar-refractivity contribution in [3.8, 4) is 5.75 Å². The molecule has 134 valence electrons. The molecule has 0 heterocycles. The highest BCUT2D eigenvalue weighted by Gasteiger charge is 2.17. The van der Waals surface area contributed by atoms with Crippen LogP contribution < -0.4 is 10.1 Å². The van der Waals surface area contributed by atoms with Gasteiger partial charge in [-0.1, -0.05) is 35.3 Å². The number of sulfonamides is 1. The number of amides is 1. The van der Waals surface area contributed by atoms with Gasteiger partial charge in [0.05, 0.1) is 9.92 Å². The molecule has 2 aromatic carbocycles. The van der Waals surface area contributed by atoms with Crippen LogP contribution in [0.4, 0.5) is 5.69 Å². The van der Waals surface area contributed by atoms with Gasteiger partial charge in [0.1, 0.15) is 10.8 Å². The van der Waals surface area contributed by atoms with Crippen LogP contribution in [0.2, 0.25) is 10.0 Å². The molecule has 0 aliphatic carbocycles. The number of hydrogen-bond acceptors (Lipinski definition) is 4. The summed E-state index contributed by atoms with van der Waals surface area (Å²) in [5.41, 5.74) is 0.341.